The summed E-state index contributed by atoms with van der Waals surface area (Å²) in [5.74, 6) is 0.700. The Labute approximate surface area is 146 Å². The Morgan fingerprint density at radius 2 is 1.96 bits per heavy atom. The van der Waals surface area contributed by atoms with Gasteiger partial charge in [0.1, 0.15) is 17.1 Å². The minimum Gasteiger partial charge on any atom is -0.495 e. The van der Waals surface area contributed by atoms with Crippen LogP contribution in [-0.4, -0.2) is 12.2 Å². The maximum Gasteiger partial charge on any atom is 0.190 e. The second-order valence-corrected chi connectivity index (χ2v) is 6.14. The number of benzene rings is 2. The zero-order chi connectivity index (χ0) is 16.4. The van der Waals surface area contributed by atoms with Crippen LogP contribution in [-0.2, 0) is 5.66 Å². The minimum atomic E-state index is -0.453. The molecular formula is C17H18ClN3OS. The molecule has 0 aliphatic carbocycles. The maximum absolute atomic E-state index is 6.15. The molecule has 1 atom stereocenters. The van der Waals surface area contributed by atoms with E-state index in [2.05, 4.69) is 29.8 Å². The molecule has 2 aromatic carbocycles. The van der Waals surface area contributed by atoms with E-state index < -0.39 is 5.66 Å². The number of halogens is 1. The van der Waals surface area contributed by atoms with Crippen LogP contribution < -0.4 is 20.5 Å². The van der Waals surface area contributed by atoms with Crippen molar-refractivity contribution in [2.45, 2.75) is 19.0 Å². The quantitative estimate of drug-likeness (QED) is 0.822. The monoisotopic (exact) mass is 347 g/mol. The molecule has 4 nitrogen and oxygen atoms in total. The summed E-state index contributed by atoms with van der Waals surface area (Å²) >= 11 is 11.7. The van der Waals surface area contributed by atoms with Crippen LogP contribution in [0.2, 0.25) is 5.02 Å². The second-order valence-electron chi connectivity index (χ2n) is 5.32. The maximum atomic E-state index is 6.15. The van der Waals surface area contributed by atoms with Gasteiger partial charge in [0.2, 0.25) is 0 Å². The number of methoxy groups -OCH3 is 1. The summed E-state index contributed by atoms with van der Waals surface area (Å²) < 4.78 is 5.44. The predicted octanol–water partition coefficient (Wildman–Crippen LogP) is 3.81. The van der Waals surface area contributed by atoms with Crippen molar-refractivity contribution in [2.24, 2.45) is 0 Å². The number of ether oxygens (including phenoxy) is 1. The van der Waals surface area contributed by atoms with Crippen molar-refractivity contribution < 1.29 is 4.74 Å². The molecule has 0 aromatic heterocycles. The van der Waals surface area contributed by atoms with E-state index in [1.54, 1.807) is 13.2 Å². The Bertz CT molecular complexity index is 725. The van der Waals surface area contributed by atoms with Crippen LogP contribution in [0.4, 0.5) is 5.69 Å². The van der Waals surface area contributed by atoms with Gasteiger partial charge < -0.3 is 10.1 Å². The molecule has 120 valence electrons. The molecule has 6 heteroatoms. The molecule has 0 spiro atoms. The molecule has 2 N–H and O–H groups in total. The Morgan fingerprint density at radius 3 is 2.61 bits per heavy atom. The molecule has 0 bridgehead atoms. The number of nitrogens with one attached hydrogen (secondary N) is 2. The van der Waals surface area contributed by atoms with Crippen molar-refractivity contribution in [3.63, 3.8) is 0 Å². The number of hydrazine groups is 1. The highest BCUT2D eigenvalue weighted by Gasteiger charge is 2.41. The van der Waals surface area contributed by atoms with E-state index in [1.807, 2.05) is 35.3 Å². The Hall–Kier alpha value is -1.82. The number of thiocarbonyl (C=S) groups is 1. The summed E-state index contributed by atoms with van der Waals surface area (Å²) in [6.45, 7) is 2.11. The normalized spacial score (nSPS) is 20.5. The predicted molar refractivity (Wildman–Crippen MR) is 97.8 cm³/mol. The number of anilines is 1. The smallest absolute Gasteiger partial charge is 0.190 e. The van der Waals surface area contributed by atoms with Crippen LogP contribution >= 0.6 is 23.8 Å². The van der Waals surface area contributed by atoms with Gasteiger partial charge in [-0.1, -0.05) is 48.9 Å². The molecule has 3 rings (SSSR count). The van der Waals surface area contributed by atoms with Gasteiger partial charge in [0, 0.05) is 5.02 Å². The SMILES string of the molecule is CCC1(c2ccccc2)NC(=S)N(c2cc(Cl)ccc2OC)N1. The van der Waals surface area contributed by atoms with Gasteiger partial charge in [0.05, 0.1) is 7.11 Å². The van der Waals surface area contributed by atoms with Crippen molar-refractivity contribution in [1.29, 1.82) is 0 Å². The number of hydrogen-bond donors (Lipinski definition) is 2. The zero-order valence-electron chi connectivity index (χ0n) is 13.0. The fraction of sp³-hybridized carbons (Fsp3) is 0.235. The van der Waals surface area contributed by atoms with Crippen molar-refractivity contribution in [2.75, 3.05) is 12.1 Å². The van der Waals surface area contributed by atoms with Crippen molar-refractivity contribution >= 4 is 34.6 Å². The first-order valence-corrected chi connectivity index (χ1v) is 8.17. The van der Waals surface area contributed by atoms with Crippen molar-refractivity contribution in [3.05, 3.63) is 59.1 Å². The molecule has 1 aliphatic heterocycles. The van der Waals surface area contributed by atoms with Gasteiger partial charge in [0.25, 0.3) is 0 Å². The third-order valence-corrected chi connectivity index (χ3v) is 4.52. The standard InChI is InChI=1S/C17H18ClN3OS/c1-3-17(12-7-5-4-6-8-12)19-16(23)21(20-17)14-11-13(18)9-10-15(14)22-2/h4-11,20H,3H2,1-2H3,(H,19,23). The Kier molecular flexibility index (Phi) is 4.43. The first-order valence-electron chi connectivity index (χ1n) is 7.39. The number of hydrogen-bond acceptors (Lipinski definition) is 3. The molecule has 1 aliphatic rings. The third-order valence-electron chi connectivity index (χ3n) is 4.00. The van der Waals surface area contributed by atoms with Crippen LogP contribution in [0, 0.1) is 0 Å². The van der Waals surface area contributed by atoms with Crippen LogP contribution in [0.25, 0.3) is 0 Å². The zero-order valence-corrected chi connectivity index (χ0v) is 14.5. The average molecular weight is 348 g/mol. The highest BCUT2D eigenvalue weighted by atomic mass is 35.5. The molecular weight excluding hydrogens is 330 g/mol. The second kappa shape index (κ2) is 6.35. The van der Waals surface area contributed by atoms with E-state index >= 15 is 0 Å². The van der Waals surface area contributed by atoms with E-state index in [4.69, 9.17) is 28.6 Å². The van der Waals surface area contributed by atoms with Gasteiger partial charge in [-0.15, -0.1) is 0 Å². The molecule has 1 unspecified atom stereocenters. The van der Waals surface area contributed by atoms with Gasteiger partial charge in [-0.2, -0.15) is 5.43 Å². The summed E-state index contributed by atoms with van der Waals surface area (Å²) in [6.07, 6.45) is 0.816. The van der Waals surface area contributed by atoms with Gasteiger partial charge in [-0.25, -0.2) is 5.01 Å². The lowest BCUT2D eigenvalue weighted by Gasteiger charge is -2.29. The van der Waals surface area contributed by atoms with Crippen molar-refractivity contribution in [1.82, 2.24) is 10.7 Å². The molecule has 0 amide bonds. The summed E-state index contributed by atoms with van der Waals surface area (Å²) in [7, 11) is 1.63. The fourth-order valence-electron chi connectivity index (χ4n) is 2.75. The van der Waals surface area contributed by atoms with E-state index in [-0.39, 0.29) is 0 Å². The van der Waals surface area contributed by atoms with Gasteiger partial charge in [0.15, 0.2) is 5.11 Å². The fourth-order valence-corrected chi connectivity index (χ4v) is 3.23. The van der Waals surface area contributed by atoms with Crippen LogP contribution in [0.5, 0.6) is 5.75 Å². The van der Waals surface area contributed by atoms with Crippen LogP contribution in [0.15, 0.2) is 48.5 Å². The molecule has 23 heavy (non-hydrogen) atoms. The topological polar surface area (TPSA) is 36.5 Å². The molecule has 0 saturated carbocycles. The van der Waals surface area contributed by atoms with Crippen LogP contribution in [0.1, 0.15) is 18.9 Å². The van der Waals surface area contributed by atoms with Gasteiger partial charge >= 0.3 is 0 Å². The lowest BCUT2D eigenvalue weighted by atomic mass is 9.98. The largest absolute Gasteiger partial charge is 0.495 e. The van der Waals surface area contributed by atoms with Gasteiger partial charge in [-0.05, 0) is 42.4 Å². The van der Waals surface area contributed by atoms with Gasteiger partial charge in [-0.3, -0.25) is 0 Å². The molecule has 1 heterocycles. The molecule has 1 saturated heterocycles. The molecule has 0 radical (unpaired) electrons. The van der Waals surface area contributed by atoms with E-state index in [0.717, 1.165) is 17.7 Å². The first kappa shape index (κ1) is 16.1. The Balaban J connectivity index is 2.01. The van der Waals surface area contributed by atoms with E-state index in [0.29, 0.717) is 15.9 Å². The lowest BCUT2D eigenvalue weighted by Crippen LogP contribution is -2.48. The summed E-state index contributed by atoms with van der Waals surface area (Å²) in [4.78, 5) is 0. The Morgan fingerprint density at radius 1 is 1.22 bits per heavy atom. The number of rotatable bonds is 4. The van der Waals surface area contributed by atoms with E-state index in [9.17, 15) is 0 Å². The van der Waals surface area contributed by atoms with Crippen molar-refractivity contribution in [3.8, 4) is 5.75 Å². The van der Waals surface area contributed by atoms with E-state index in [1.165, 1.54) is 0 Å². The average Bonchev–Trinajstić information content (AvgIpc) is 2.93. The minimum absolute atomic E-state index is 0.453. The lowest BCUT2D eigenvalue weighted by molar-refractivity contribution is 0.335. The summed E-state index contributed by atoms with van der Waals surface area (Å²) in [6, 6.07) is 15.6. The first-order chi connectivity index (χ1) is 11.1. The summed E-state index contributed by atoms with van der Waals surface area (Å²) in [5.41, 5.74) is 4.93. The third kappa shape index (κ3) is 2.87. The number of nitrogens with zero attached hydrogens (tertiary/aromatic N) is 1. The summed E-state index contributed by atoms with van der Waals surface area (Å²) in [5, 5.41) is 6.42. The molecule has 2 aromatic rings. The highest BCUT2D eigenvalue weighted by Crippen LogP contribution is 2.35. The molecule has 1 fully saturated rings. The highest BCUT2D eigenvalue weighted by molar-refractivity contribution is 7.80. The van der Waals surface area contributed by atoms with Crippen LogP contribution in [0.3, 0.4) is 0 Å².